The molecule has 2 aromatic rings. The summed E-state index contributed by atoms with van der Waals surface area (Å²) in [6.45, 7) is 1.76. The summed E-state index contributed by atoms with van der Waals surface area (Å²) in [4.78, 5) is 12.1. The maximum atomic E-state index is 12.1. The second-order valence-electron chi connectivity index (χ2n) is 4.37. The number of benzene rings is 2. The number of ether oxygens (including phenoxy) is 1. The third kappa shape index (κ3) is 4.20. The molecule has 116 valence electrons. The van der Waals surface area contributed by atoms with Gasteiger partial charge in [-0.1, -0.05) is 23.7 Å². The van der Waals surface area contributed by atoms with Crippen molar-refractivity contribution in [2.75, 3.05) is 0 Å². The van der Waals surface area contributed by atoms with E-state index in [1.54, 1.807) is 25.1 Å². The predicted octanol–water partition coefficient (Wildman–Crippen LogP) is 2.45. The predicted molar refractivity (Wildman–Crippen MR) is 81.3 cm³/mol. The highest BCUT2D eigenvalue weighted by atomic mass is 35.5. The van der Waals surface area contributed by atoms with Crippen molar-refractivity contribution in [3.63, 3.8) is 0 Å². The van der Waals surface area contributed by atoms with Gasteiger partial charge in [-0.3, -0.25) is 0 Å². The minimum Gasteiger partial charge on any atom is -0.423 e. The van der Waals surface area contributed by atoms with Gasteiger partial charge in [-0.05, 0) is 42.8 Å². The Morgan fingerprint density at radius 3 is 2.50 bits per heavy atom. The molecule has 2 aromatic carbocycles. The van der Waals surface area contributed by atoms with E-state index in [4.69, 9.17) is 21.5 Å². The first kappa shape index (κ1) is 16.3. The smallest absolute Gasteiger partial charge is 0.380 e. The van der Waals surface area contributed by atoms with Crippen LogP contribution in [-0.2, 0) is 10.3 Å². The van der Waals surface area contributed by atoms with Gasteiger partial charge in [0.05, 0.1) is 0 Å². The van der Waals surface area contributed by atoms with Crippen molar-refractivity contribution in [2.45, 2.75) is 6.92 Å². The molecule has 0 radical (unpaired) electrons. The quantitative estimate of drug-likeness (QED) is 0.680. The maximum Gasteiger partial charge on any atom is 0.380 e. The fourth-order valence-corrected chi connectivity index (χ4v) is 2.19. The molecule has 0 amide bonds. The molecule has 0 saturated carbocycles. The minimum atomic E-state index is -4.24. The molecule has 0 aliphatic rings. The third-order valence-electron chi connectivity index (χ3n) is 2.65. The van der Waals surface area contributed by atoms with E-state index in [2.05, 4.69) is 4.18 Å². The summed E-state index contributed by atoms with van der Waals surface area (Å²) >= 11 is 5.89. The van der Waals surface area contributed by atoms with Gasteiger partial charge in [0.2, 0.25) is 0 Å². The van der Waals surface area contributed by atoms with E-state index in [1.165, 1.54) is 24.3 Å². The molecule has 0 bridgehead atoms. The highest BCUT2D eigenvalue weighted by molar-refractivity contribution is 7.84. The summed E-state index contributed by atoms with van der Waals surface area (Å²) < 4.78 is 31.8. The van der Waals surface area contributed by atoms with Gasteiger partial charge in [0.15, 0.2) is 5.75 Å². The summed E-state index contributed by atoms with van der Waals surface area (Å²) in [5.74, 6) is -0.709. The lowest BCUT2D eigenvalue weighted by Crippen LogP contribution is -2.21. The summed E-state index contributed by atoms with van der Waals surface area (Å²) in [6.07, 6.45) is 0. The second-order valence-corrected chi connectivity index (χ2v) is 5.93. The Morgan fingerprint density at radius 2 is 1.86 bits per heavy atom. The zero-order valence-corrected chi connectivity index (χ0v) is 13.0. The van der Waals surface area contributed by atoms with Crippen LogP contribution in [0, 0.1) is 6.92 Å². The van der Waals surface area contributed by atoms with Gasteiger partial charge in [-0.25, -0.2) is 4.79 Å². The van der Waals surface area contributed by atoms with Crippen LogP contribution in [-0.4, -0.2) is 14.4 Å². The van der Waals surface area contributed by atoms with Gasteiger partial charge in [0.25, 0.3) is 0 Å². The summed E-state index contributed by atoms with van der Waals surface area (Å²) in [5.41, 5.74) is 0.671. The lowest BCUT2D eigenvalue weighted by molar-refractivity contribution is 0.0733. The van der Waals surface area contributed by atoms with Crippen molar-refractivity contribution in [1.82, 2.24) is 0 Å². The number of hydrogen-bond donors (Lipinski definition) is 1. The van der Waals surface area contributed by atoms with E-state index in [9.17, 15) is 13.2 Å². The molecular formula is C14H12ClNO5S. The first-order chi connectivity index (χ1) is 10.3. The monoisotopic (exact) mass is 341 g/mol. The van der Waals surface area contributed by atoms with Crippen molar-refractivity contribution < 1.29 is 22.1 Å². The van der Waals surface area contributed by atoms with Crippen LogP contribution in [0.4, 0.5) is 0 Å². The molecule has 0 aliphatic heterocycles. The van der Waals surface area contributed by atoms with Crippen molar-refractivity contribution >= 4 is 27.9 Å². The van der Waals surface area contributed by atoms with Gasteiger partial charge in [0, 0.05) is 5.02 Å². The van der Waals surface area contributed by atoms with Crippen molar-refractivity contribution in [1.29, 1.82) is 0 Å². The highest BCUT2D eigenvalue weighted by Gasteiger charge is 2.18. The van der Waals surface area contributed by atoms with Gasteiger partial charge >= 0.3 is 16.3 Å². The van der Waals surface area contributed by atoms with Crippen LogP contribution in [0.1, 0.15) is 15.9 Å². The molecule has 0 spiro atoms. The molecule has 0 aliphatic carbocycles. The molecule has 0 atom stereocenters. The van der Waals surface area contributed by atoms with E-state index in [1.807, 2.05) is 0 Å². The Balaban J connectivity index is 2.28. The molecule has 2 N–H and O–H groups in total. The largest absolute Gasteiger partial charge is 0.423 e. The van der Waals surface area contributed by atoms with Gasteiger partial charge in [-0.15, -0.1) is 0 Å². The van der Waals surface area contributed by atoms with Crippen LogP contribution in [0.25, 0.3) is 0 Å². The van der Waals surface area contributed by atoms with E-state index in [-0.39, 0.29) is 17.1 Å². The summed E-state index contributed by atoms with van der Waals surface area (Å²) in [6, 6.07) is 10.4. The molecule has 0 unspecified atom stereocenters. The molecule has 0 heterocycles. The van der Waals surface area contributed by atoms with Gasteiger partial charge < -0.3 is 8.92 Å². The lowest BCUT2D eigenvalue weighted by atomic mass is 10.2. The van der Waals surface area contributed by atoms with Crippen LogP contribution < -0.4 is 14.1 Å². The second kappa shape index (κ2) is 6.35. The zero-order chi connectivity index (χ0) is 16.3. The Labute approximate surface area is 132 Å². The average Bonchev–Trinajstić information content (AvgIpc) is 2.41. The van der Waals surface area contributed by atoms with Crippen LogP contribution in [0.2, 0.25) is 5.02 Å². The van der Waals surface area contributed by atoms with Crippen molar-refractivity contribution in [3.05, 3.63) is 58.6 Å². The van der Waals surface area contributed by atoms with Crippen LogP contribution in [0.15, 0.2) is 42.5 Å². The van der Waals surface area contributed by atoms with E-state index in [0.717, 1.165) is 5.56 Å². The van der Waals surface area contributed by atoms with E-state index < -0.39 is 16.3 Å². The van der Waals surface area contributed by atoms with Gasteiger partial charge in [-0.2, -0.15) is 13.6 Å². The number of esters is 1. The number of carbonyl (C=O) groups is 1. The lowest BCUT2D eigenvalue weighted by Gasteiger charge is -2.09. The third-order valence-corrected chi connectivity index (χ3v) is 3.49. The molecule has 6 nitrogen and oxygen atoms in total. The number of para-hydroxylation sites is 1. The summed E-state index contributed by atoms with van der Waals surface area (Å²) in [5, 5.41) is 5.35. The number of rotatable bonds is 4. The highest BCUT2D eigenvalue weighted by Crippen LogP contribution is 2.24. The number of nitrogens with two attached hydrogens (primary N) is 1. The average molecular weight is 342 g/mol. The maximum absolute atomic E-state index is 12.1. The van der Waals surface area contributed by atoms with Crippen molar-refractivity contribution in [2.24, 2.45) is 5.14 Å². The standard InChI is InChI=1S/C14H12ClNO5S/c1-9-8-10(6-7-12(9)15)20-14(17)11-4-2-3-5-13(11)21-22(16,18)19/h2-8H,1H3,(H2,16,18,19). The topological polar surface area (TPSA) is 95.7 Å². The molecule has 0 saturated heterocycles. The number of halogens is 1. The molecule has 0 fully saturated rings. The molecular weight excluding hydrogens is 330 g/mol. The van der Waals surface area contributed by atoms with Crippen LogP contribution in [0.3, 0.4) is 0 Å². The Bertz CT molecular complexity index is 820. The summed E-state index contributed by atoms with van der Waals surface area (Å²) in [7, 11) is -4.24. The number of hydrogen-bond acceptors (Lipinski definition) is 5. The van der Waals surface area contributed by atoms with Crippen LogP contribution >= 0.6 is 11.6 Å². The normalized spacial score (nSPS) is 11.0. The van der Waals surface area contributed by atoms with Gasteiger partial charge in [0.1, 0.15) is 11.3 Å². The fourth-order valence-electron chi connectivity index (χ4n) is 1.68. The Morgan fingerprint density at radius 1 is 1.18 bits per heavy atom. The van der Waals surface area contributed by atoms with Crippen molar-refractivity contribution in [3.8, 4) is 11.5 Å². The first-order valence-electron chi connectivity index (χ1n) is 6.06. The minimum absolute atomic E-state index is 0.0656. The Hall–Kier alpha value is -2.09. The van der Waals surface area contributed by atoms with E-state index in [0.29, 0.717) is 5.02 Å². The fraction of sp³-hybridized carbons (Fsp3) is 0.0714. The molecule has 0 aromatic heterocycles. The van der Waals surface area contributed by atoms with E-state index >= 15 is 0 Å². The SMILES string of the molecule is Cc1cc(OC(=O)c2ccccc2OS(N)(=O)=O)ccc1Cl. The number of aryl methyl sites for hydroxylation is 1. The molecule has 22 heavy (non-hydrogen) atoms. The van der Waals surface area contributed by atoms with Crippen LogP contribution in [0.5, 0.6) is 11.5 Å². The molecule has 2 rings (SSSR count). The number of carbonyl (C=O) groups excluding carboxylic acids is 1. The Kier molecular flexibility index (Phi) is 4.70. The first-order valence-corrected chi connectivity index (χ1v) is 7.91. The zero-order valence-electron chi connectivity index (χ0n) is 11.4. The molecule has 8 heteroatoms.